The second-order valence-corrected chi connectivity index (χ2v) is 6.07. The SMILES string of the molecule is COCC(C)CC(CCC(=O)O)NC(=O)OC(C)(C)C. The maximum absolute atomic E-state index is 11.7. The van der Waals surface area contributed by atoms with Crippen LogP contribution in [0.5, 0.6) is 0 Å². The first kappa shape index (κ1) is 18.7. The van der Waals surface area contributed by atoms with E-state index in [9.17, 15) is 9.59 Å². The van der Waals surface area contributed by atoms with Crippen LogP contribution in [0.1, 0.15) is 47.0 Å². The number of nitrogens with one attached hydrogen (secondary N) is 1. The van der Waals surface area contributed by atoms with Crippen molar-refractivity contribution in [2.24, 2.45) is 5.92 Å². The first-order chi connectivity index (χ1) is 9.14. The lowest BCUT2D eigenvalue weighted by atomic mass is 9.99. The quantitative estimate of drug-likeness (QED) is 0.716. The third-order valence-electron chi connectivity index (χ3n) is 2.57. The number of carboxylic acid groups (broad SMARTS) is 1. The van der Waals surface area contributed by atoms with E-state index in [1.165, 1.54) is 0 Å². The molecule has 2 N–H and O–H groups in total. The number of carboxylic acids is 1. The molecule has 0 spiro atoms. The van der Waals surface area contributed by atoms with E-state index in [4.69, 9.17) is 14.6 Å². The molecule has 0 saturated carbocycles. The molecule has 0 heterocycles. The molecule has 0 saturated heterocycles. The summed E-state index contributed by atoms with van der Waals surface area (Å²) < 4.78 is 10.2. The Morgan fingerprint density at radius 1 is 1.30 bits per heavy atom. The molecule has 0 rings (SSSR count). The Labute approximate surface area is 120 Å². The maximum Gasteiger partial charge on any atom is 0.407 e. The van der Waals surface area contributed by atoms with Gasteiger partial charge in [-0.2, -0.15) is 0 Å². The van der Waals surface area contributed by atoms with E-state index in [0.717, 1.165) is 0 Å². The number of rotatable bonds is 8. The molecule has 0 fully saturated rings. The fourth-order valence-electron chi connectivity index (χ4n) is 1.86. The van der Waals surface area contributed by atoms with Gasteiger partial charge in [-0.3, -0.25) is 4.79 Å². The van der Waals surface area contributed by atoms with E-state index >= 15 is 0 Å². The Morgan fingerprint density at radius 2 is 1.90 bits per heavy atom. The predicted molar refractivity (Wildman–Crippen MR) is 75.7 cm³/mol. The summed E-state index contributed by atoms with van der Waals surface area (Å²) in [6.07, 6.45) is 0.529. The third-order valence-corrected chi connectivity index (χ3v) is 2.57. The molecule has 6 nitrogen and oxygen atoms in total. The Hall–Kier alpha value is -1.30. The first-order valence-electron chi connectivity index (χ1n) is 6.84. The molecule has 0 aliphatic carbocycles. The van der Waals surface area contributed by atoms with Gasteiger partial charge in [-0.15, -0.1) is 0 Å². The zero-order valence-corrected chi connectivity index (χ0v) is 13.1. The highest BCUT2D eigenvalue weighted by Gasteiger charge is 2.21. The van der Waals surface area contributed by atoms with Crippen molar-refractivity contribution >= 4 is 12.1 Å². The molecule has 1 amide bonds. The van der Waals surface area contributed by atoms with Gasteiger partial charge in [-0.05, 0) is 39.5 Å². The number of aliphatic carboxylic acids is 1. The number of alkyl carbamates (subject to hydrolysis) is 1. The fourth-order valence-corrected chi connectivity index (χ4v) is 1.86. The van der Waals surface area contributed by atoms with E-state index in [1.54, 1.807) is 27.9 Å². The van der Waals surface area contributed by atoms with Crippen LogP contribution in [-0.2, 0) is 14.3 Å². The van der Waals surface area contributed by atoms with E-state index in [1.807, 2.05) is 6.92 Å². The molecule has 2 atom stereocenters. The molecule has 2 unspecified atom stereocenters. The van der Waals surface area contributed by atoms with Crippen LogP contribution in [0.3, 0.4) is 0 Å². The van der Waals surface area contributed by atoms with Gasteiger partial charge in [0.15, 0.2) is 0 Å². The number of carbonyl (C=O) groups is 2. The highest BCUT2D eigenvalue weighted by molar-refractivity contribution is 5.69. The van der Waals surface area contributed by atoms with E-state index in [-0.39, 0.29) is 18.4 Å². The van der Waals surface area contributed by atoms with Gasteiger partial charge in [-0.25, -0.2) is 4.79 Å². The largest absolute Gasteiger partial charge is 0.481 e. The topological polar surface area (TPSA) is 84.9 Å². The molecule has 0 aliphatic rings. The van der Waals surface area contributed by atoms with Gasteiger partial charge in [-0.1, -0.05) is 6.92 Å². The van der Waals surface area contributed by atoms with E-state index < -0.39 is 17.7 Å². The number of carbonyl (C=O) groups excluding carboxylic acids is 1. The normalized spacial score (nSPS) is 14.4. The van der Waals surface area contributed by atoms with Crippen molar-refractivity contribution in [2.45, 2.75) is 58.6 Å². The summed E-state index contributed by atoms with van der Waals surface area (Å²) in [5.41, 5.74) is -0.570. The van der Waals surface area contributed by atoms with Crippen molar-refractivity contribution in [3.8, 4) is 0 Å². The Morgan fingerprint density at radius 3 is 2.35 bits per heavy atom. The van der Waals surface area contributed by atoms with Crippen molar-refractivity contribution in [3.05, 3.63) is 0 Å². The zero-order valence-electron chi connectivity index (χ0n) is 13.1. The van der Waals surface area contributed by atoms with Crippen molar-refractivity contribution in [1.82, 2.24) is 5.32 Å². The summed E-state index contributed by atoms with van der Waals surface area (Å²) in [6, 6.07) is -0.230. The number of ether oxygens (including phenoxy) is 2. The lowest BCUT2D eigenvalue weighted by Crippen LogP contribution is -2.40. The minimum absolute atomic E-state index is 0.0141. The summed E-state index contributed by atoms with van der Waals surface area (Å²) in [5.74, 6) is -0.644. The van der Waals surface area contributed by atoms with Crippen molar-refractivity contribution in [3.63, 3.8) is 0 Å². The molecular weight excluding hydrogens is 262 g/mol. The third kappa shape index (κ3) is 10.6. The van der Waals surface area contributed by atoms with Crippen molar-refractivity contribution in [2.75, 3.05) is 13.7 Å². The summed E-state index contributed by atoms with van der Waals surface area (Å²) >= 11 is 0. The second-order valence-electron chi connectivity index (χ2n) is 6.07. The van der Waals surface area contributed by atoms with Gasteiger partial charge in [0.2, 0.25) is 0 Å². The highest BCUT2D eigenvalue weighted by Crippen LogP contribution is 2.13. The van der Waals surface area contributed by atoms with Gasteiger partial charge in [0.05, 0.1) is 0 Å². The predicted octanol–water partition coefficient (Wildman–Crippen LogP) is 2.42. The van der Waals surface area contributed by atoms with E-state index in [0.29, 0.717) is 19.4 Å². The van der Waals surface area contributed by atoms with Crippen LogP contribution in [0, 0.1) is 5.92 Å². The average Bonchev–Trinajstić information content (AvgIpc) is 2.23. The minimum atomic E-state index is -0.875. The maximum atomic E-state index is 11.7. The minimum Gasteiger partial charge on any atom is -0.481 e. The summed E-state index contributed by atoms with van der Waals surface area (Å²) in [6.45, 7) is 7.92. The van der Waals surface area contributed by atoms with Crippen molar-refractivity contribution in [1.29, 1.82) is 0 Å². The van der Waals surface area contributed by atoms with Gasteiger partial charge in [0.25, 0.3) is 0 Å². The summed E-state index contributed by atoms with van der Waals surface area (Å²) in [4.78, 5) is 22.4. The molecule has 20 heavy (non-hydrogen) atoms. The Balaban J connectivity index is 4.43. The van der Waals surface area contributed by atoms with Gasteiger partial charge < -0.3 is 19.9 Å². The number of amides is 1. The molecule has 0 aromatic heterocycles. The van der Waals surface area contributed by atoms with Crippen LogP contribution < -0.4 is 5.32 Å². The molecule has 0 radical (unpaired) electrons. The average molecular weight is 289 g/mol. The molecule has 0 bridgehead atoms. The van der Waals surface area contributed by atoms with Crippen LogP contribution in [0.2, 0.25) is 0 Å². The highest BCUT2D eigenvalue weighted by atomic mass is 16.6. The van der Waals surface area contributed by atoms with Gasteiger partial charge in [0, 0.05) is 26.2 Å². The summed E-state index contributed by atoms with van der Waals surface area (Å²) in [5, 5.41) is 11.5. The zero-order chi connectivity index (χ0) is 15.8. The van der Waals surface area contributed by atoms with Crippen LogP contribution in [0.15, 0.2) is 0 Å². The number of methoxy groups -OCH3 is 1. The first-order valence-corrected chi connectivity index (χ1v) is 6.84. The molecule has 0 aliphatic heterocycles. The molecular formula is C14H27NO5. The van der Waals surface area contributed by atoms with Gasteiger partial charge >= 0.3 is 12.1 Å². The van der Waals surface area contributed by atoms with E-state index in [2.05, 4.69) is 5.32 Å². The Bertz CT molecular complexity index is 311. The number of hydrogen-bond acceptors (Lipinski definition) is 4. The lowest BCUT2D eigenvalue weighted by Gasteiger charge is -2.25. The smallest absolute Gasteiger partial charge is 0.407 e. The van der Waals surface area contributed by atoms with Crippen LogP contribution in [0.4, 0.5) is 4.79 Å². The lowest BCUT2D eigenvalue weighted by molar-refractivity contribution is -0.137. The molecule has 6 heteroatoms. The standard InChI is InChI=1S/C14H27NO5/c1-10(9-19-5)8-11(6-7-12(16)17)15-13(18)20-14(2,3)4/h10-11H,6-9H2,1-5H3,(H,15,18)(H,16,17). The molecule has 0 aromatic rings. The molecule has 118 valence electrons. The fraction of sp³-hybridized carbons (Fsp3) is 0.857. The molecule has 0 aromatic carbocycles. The second kappa shape index (κ2) is 8.79. The van der Waals surface area contributed by atoms with Gasteiger partial charge in [0.1, 0.15) is 5.60 Å². The number of hydrogen-bond donors (Lipinski definition) is 2. The Kier molecular flexibility index (Phi) is 8.22. The van der Waals surface area contributed by atoms with Crippen molar-refractivity contribution < 1.29 is 24.2 Å². The van der Waals surface area contributed by atoms with Crippen LogP contribution in [0.25, 0.3) is 0 Å². The monoisotopic (exact) mass is 289 g/mol. The summed E-state index contributed by atoms with van der Waals surface area (Å²) in [7, 11) is 1.62. The van der Waals surface area contributed by atoms with Crippen LogP contribution >= 0.6 is 0 Å². The van der Waals surface area contributed by atoms with Crippen LogP contribution in [-0.4, -0.2) is 42.5 Å².